The zero-order valence-corrected chi connectivity index (χ0v) is 18.5. The van der Waals surface area contributed by atoms with Gasteiger partial charge in [0.25, 0.3) is 0 Å². The third-order valence-corrected chi connectivity index (χ3v) is 5.39. The van der Waals surface area contributed by atoms with Gasteiger partial charge < -0.3 is 9.84 Å². The standard InChI is InChI=1S/C25H17ClF3N3O2/c1-32-23(22(24(31-32)25(27,28)29)17-4-2-3-16(11-17)13-30)20-10-9-19(12-21(20)33)34-14-15-5-7-18(26)8-6-15/h2-12,33H,14H2,1H3. The van der Waals surface area contributed by atoms with Gasteiger partial charge in [0, 0.05) is 29.3 Å². The fourth-order valence-corrected chi connectivity index (χ4v) is 3.72. The lowest BCUT2D eigenvalue weighted by atomic mass is 9.96. The minimum atomic E-state index is -4.74. The molecule has 0 aliphatic heterocycles. The Balaban J connectivity index is 1.76. The molecule has 1 heterocycles. The van der Waals surface area contributed by atoms with Gasteiger partial charge in [0.05, 0.1) is 17.3 Å². The summed E-state index contributed by atoms with van der Waals surface area (Å²) in [4.78, 5) is 0. The van der Waals surface area contributed by atoms with Crippen molar-refractivity contribution in [3.8, 4) is 40.0 Å². The van der Waals surface area contributed by atoms with E-state index >= 15 is 0 Å². The van der Waals surface area contributed by atoms with Crippen LogP contribution in [0.5, 0.6) is 11.5 Å². The summed E-state index contributed by atoms with van der Waals surface area (Å²) in [5, 5.41) is 24.2. The molecule has 5 nitrogen and oxygen atoms in total. The predicted molar refractivity (Wildman–Crippen MR) is 121 cm³/mol. The highest BCUT2D eigenvalue weighted by Gasteiger charge is 2.40. The minimum absolute atomic E-state index is 0.0594. The second kappa shape index (κ2) is 9.12. The number of aryl methyl sites for hydroxylation is 1. The van der Waals surface area contributed by atoms with Crippen molar-refractivity contribution >= 4 is 11.6 Å². The van der Waals surface area contributed by atoms with Crippen molar-refractivity contribution in [3.05, 3.63) is 88.6 Å². The van der Waals surface area contributed by atoms with Gasteiger partial charge in [-0.1, -0.05) is 35.9 Å². The molecule has 34 heavy (non-hydrogen) atoms. The summed E-state index contributed by atoms with van der Waals surface area (Å²) in [5.74, 6) is 0.0606. The number of nitriles is 1. The van der Waals surface area contributed by atoms with Gasteiger partial charge in [-0.3, -0.25) is 4.68 Å². The molecule has 0 unspecified atom stereocenters. The molecule has 9 heteroatoms. The number of hydrogen-bond acceptors (Lipinski definition) is 4. The smallest absolute Gasteiger partial charge is 0.435 e. The summed E-state index contributed by atoms with van der Waals surface area (Å²) in [5.41, 5.74) is 0.0901. The lowest BCUT2D eigenvalue weighted by Gasteiger charge is -2.13. The van der Waals surface area contributed by atoms with Gasteiger partial charge in [-0.05, 0) is 47.5 Å². The summed E-state index contributed by atoms with van der Waals surface area (Å²) in [6.45, 7) is 0.214. The van der Waals surface area contributed by atoms with Crippen molar-refractivity contribution in [2.45, 2.75) is 12.8 Å². The summed E-state index contributed by atoms with van der Waals surface area (Å²) in [6.07, 6.45) is -4.74. The first-order valence-electron chi connectivity index (χ1n) is 10.0. The van der Waals surface area contributed by atoms with E-state index in [1.807, 2.05) is 6.07 Å². The Labute approximate surface area is 198 Å². The number of halogens is 4. The molecule has 0 saturated heterocycles. The van der Waals surface area contributed by atoms with Gasteiger partial charge in [0.1, 0.15) is 18.1 Å². The molecular weight excluding hydrogens is 467 g/mol. The van der Waals surface area contributed by atoms with E-state index in [0.29, 0.717) is 10.8 Å². The zero-order valence-electron chi connectivity index (χ0n) is 17.8. The van der Waals surface area contributed by atoms with Crippen LogP contribution in [0.25, 0.3) is 22.4 Å². The Morgan fingerprint density at radius 2 is 1.82 bits per heavy atom. The van der Waals surface area contributed by atoms with Gasteiger partial charge in [-0.2, -0.15) is 23.5 Å². The molecule has 0 aliphatic rings. The average molecular weight is 484 g/mol. The Morgan fingerprint density at radius 3 is 2.47 bits per heavy atom. The quantitative estimate of drug-likeness (QED) is 0.348. The maximum atomic E-state index is 13.8. The summed E-state index contributed by atoms with van der Waals surface area (Å²) in [6, 6.07) is 19.2. The van der Waals surface area contributed by atoms with Crippen LogP contribution in [0.1, 0.15) is 16.8 Å². The number of aromatic hydroxyl groups is 1. The van der Waals surface area contributed by atoms with Crippen LogP contribution < -0.4 is 4.74 Å². The van der Waals surface area contributed by atoms with Gasteiger partial charge in [0.15, 0.2) is 5.69 Å². The molecule has 1 aromatic heterocycles. The van der Waals surface area contributed by atoms with Crippen LogP contribution in [0.3, 0.4) is 0 Å². The summed E-state index contributed by atoms with van der Waals surface area (Å²) >= 11 is 5.87. The van der Waals surface area contributed by atoms with Gasteiger partial charge in [0.2, 0.25) is 0 Å². The summed E-state index contributed by atoms with van der Waals surface area (Å²) in [7, 11) is 1.37. The number of rotatable bonds is 5. The molecule has 0 atom stereocenters. The fourth-order valence-electron chi connectivity index (χ4n) is 3.60. The molecule has 0 saturated carbocycles. The third-order valence-electron chi connectivity index (χ3n) is 5.14. The van der Waals surface area contributed by atoms with Crippen molar-refractivity contribution in [2.75, 3.05) is 0 Å². The van der Waals surface area contributed by atoms with E-state index in [9.17, 15) is 23.5 Å². The topological polar surface area (TPSA) is 71.1 Å². The molecule has 0 amide bonds. The van der Waals surface area contributed by atoms with E-state index in [1.54, 1.807) is 30.3 Å². The number of phenols is 1. The van der Waals surface area contributed by atoms with Gasteiger partial charge in [-0.25, -0.2) is 0 Å². The maximum Gasteiger partial charge on any atom is 0.435 e. The summed E-state index contributed by atoms with van der Waals surface area (Å²) < 4.78 is 48.3. The molecule has 4 aromatic rings. The Morgan fingerprint density at radius 1 is 1.09 bits per heavy atom. The van der Waals surface area contributed by atoms with Crippen LogP contribution in [0.4, 0.5) is 13.2 Å². The van der Waals surface area contributed by atoms with E-state index in [1.165, 1.54) is 43.4 Å². The highest BCUT2D eigenvalue weighted by atomic mass is 35.5. The van der Waals surface area contributed by atoms with E-state index in [2.05, 4.69) is 5.10 Å². The molecule has 0 aliphatic carbocycles. The van der Waals surface area contributed by atoms with Crippen molar-refractivity contribution < 1.29 is 23.0 Å². The Kier molecular flexibility index (Phi) is 6.22. The molecule has 4 rings (SSSR count). The minimum Gasteiger partial charge on any atom is -0.507 e. The van der Waals surface area contributed by atoms with Gasteiger partial charge >= 0.3 is 6.18 Å². The normalized spacial score (nSPS) is 11.3. The number of hydrogen-bond donors (Lipinski definition) is 1. The average Bonchev–Trinajstić information content (AvgIpc) is 3.16. The van der Waals surface area contributed by atoms with E-state index < -0.39 is 11.9 Å². The van der Waals surface area contributed by atoms with Crippen molar-refractivity contribution in [2.24, 2.45) is 7.05 Å². The zero-order chi connectivity index (χ0) is 24.5. The van der Waals surface area contributed by atoms with Crippen LogP contribution in [0.2, 0.25) is 5.02 Å². The largest absolute Gasteiger partial charge is 0.507 e. The van der Waals surface area contributed by atoms with Crippen molar-refractivity contribution in [3.63, 3.8) is 0 Å². The highest BCUT2D eigenvalue weighted by Crippen LogP contribution is 2.45. The van der Waals surface area contributed by atoms with E-state index in [0.717, 1.165) is 10.2 Å². The predicted octanol–water partition coefficient (Wildman–Crippen LogP) is 6.58. The molecule has 1 N–H and O–H groups in total. The number of nitrogens with zero attached hydrogens (tertiary/aromatic N) is 3. The number of aromatic nitrogens is 2. The van der Waals surface area contributed by atoms with Crippen LogP contribution in [0, 0.1) is 11.3 Å². The van der Waals surface area contributed by atoms with Crippen molar-refractivity contribution in [1.82, 2.24) is 9.78 Å². The second-order valence-corrected chi connectivity index (χ2v) is 7.92. The van der Waals surface area contributed by atoms with E-state index in [-0.39, 0.29) is 40.3 Å². The van der Waals surface area contributed by atoms with Crippen LogP contribution in [-0.4, -0.2) is 14.9 Å². The molecule has 0 fully saturated rings. The monoisotopic (exact) mass is 483 g/mol. The number of phenolic OH excluding ortho intramolecular Hbond substituents is 1. The number of benzene rings is 3. The number of alkyl halides is 3. The highest BCUT2D eigenvalue weighted by molar-refractivity contribution is 6.30. The van der Waals surface area contributed by atoms with E-state index in [4.69, 9.17) is 16.3 Å². The second-order valence-electron chi connectivity index (χ2n) is 7.48. The van der Waals surface area contributed by atoms with Gasteiger partial charge in [-0.15, -0.1) is 0 Å². The molecular formula is C25H17ClF3N3O2. The first kappa shape index (κ1) is 23.2. The first-order valence-corrected chi connectivity index (χ1v) is 10.4. The first-order chi connectivity index (χ1) is 16.2. The van der Waals surface area contributed by atoms with Crippen LogP contribution in [0.15, 0.2) is 66.7 Å². The molecule has 0 bridgehead atoms. The van der Waals surface area contributed by atoms with Crippen LogP contribution >= 0.6 is 11.6 Å². The lowest BCUT2D eigenvalue weighted by Crippen LogP contribution is -2.08. The molecule has 3 aromatic carbocycles. The Hall–Kier alpha value is -3.96. The number of ether oxygens (including phenoxy) is 1. The SMILES string of the molecule is Cn1nc(C(F)(F)F)c(-c2cccc(C#N)c2)c1-c1ccc(OCc2ccc(Cl)cc2)cc1O. The van der Waals surface area contributed by atoms with Crippen LogP contribution in [-0.2, 0) is 19.8 Å². The third kappa shape index (κ3) is 4.70. The fraction of sp³-hybridized carbons (Fsp3) is 0.120. The molecule has 0 radical (unpaired) electrons. The van der Waals surface area contributed by atoms with Crippen molar-refractivity contribution in [1.29, 1.82) is 5.26 Å². The maximum absolute atomic E-state index is 13.8. The molecule has 0 spiro atoms. The Bertz CT molecular complexity index is 1390. The molecule has 172 valence electrons. The lowest BCUT2D eigenvalue weighted by molar-refractivity contribution is -0.140.